The summed E-state index contributed by atoms with van der Waals surface area (Å²) in [6, 6.07) is 8.45. The molecule has 0 amide bonds. The second-order valence-corrected chi connectivity index (χ2v) is 7.45. The number of aromatic nitrogens is 1. The molecule has 0 saturated heterocycles. The van der Waals surface area contributed by atoms with Crippen molar-refractivity contribution < 1.29 is 13.9 Å². The van der Waals surface area contributed by atoms with Gasteiger partial charge in [0.25, 0.3) is 0 Å². The normalized spacial score (nSPS) is 24.6. The van der Waals surface area contributed by atoms with Gasteiger partial charge in [-0.3, -0.25) is 14.9 Å². The lowest BCUT2D eigenvalue weighted by Crippen LogP contribution is -2.49. The lowest BCUT2D eigenvalue weighted by Gasteiger charge is -2.41. The van der Waals surface area contributed by atoms with Crippen LogP contribution < -0.4 is 10.6 Å². The molecule has 2 N–H and O–H groups in total. The van der Waals surface area contributed by atoms with Crippen LogP contribution in [-0.4, -0.2) is 48.2 Å². The van der Waals surface area contributed by atoms with Crippen molar-refractivity contribution in [2.24, 2.45) is 10.8 Å². The summed E-state index contributed by atoms with van der Waals surface area (Å²) < 4.78 is 26.1. The number of likely N-dealkylation sites (N-methyl/N-ethyl adjacent to an activating group) is 1. The fourth-order valence-electron chi connectivity index (χ4n) is 4.01. The van der Waals surface area contributed by atoms with E-state index >= 15 is 0 Å². The molecule has 1 aromatic carbocycles. The van der Waals surface area contributed by atoms with Crippen LogP contribution in [0.3, 0.4) is 0 Å². The molecule has 3 aliphatic heterocycles. The summed E-state index contributed by atoms with van der Waals surface area (Å²) in [5.74, 6) is 7.06. The van der Waals surface area contributed by atoms with Gasteiger partial charge in [-0.15, -0.1) is 0 Å². The molecule has 29 heavy (non-hydrogen) atoms. The average Bonchev–Trinajstić information content (AvgIpc) is 3.18. The molecular weight excluding hydrogens is 373 g/mol. The van der Waals surface area contributed by atoms with Crippen molar-refractivity contribution in [3.05, 3.63) is 71.5 Å². The molecule has 3 aliphatic rings. The average molecular weight is 393 g/mol. The minimum Gasteiger partial charge on any atom is -0.480 e. The first-order valence-corrected chi connectivity index (χ1v) is 9.22. The van der Waals surface area contributed by atoms with Gasteiger partial charge >= 0.3 is 0 Å². The van der Waals surface area contributed by atoms with E-state index in [0.717, 1.165) is 11.1 Å². The van der Waals surface area contributed by atoms with Crippen LogP contribution in [0.2, 0.25) is 0 Å². The van der Waals surface area contributed by atoms with Gasteiger partial charge in [0.05, 0.1) is 6.20 Å². The first-order chi connectivity index (χ1) is 14.0. The molecule has 2 aromatic rings. The molecule has 0 bridgehead atoms. The Balaban J connectivity index is 1.70. The number of benzene rings is 1. The second kappa shape index (κ2) is 6.40. The lowest BCUT2D eigenvalue weighted by molar-refractivity contribution is 0.149. The third kappa shape index (κ3) is 2.64. The summed E-state index contributed by atoms with van der Waals surface area (Å²) in [7, 11) is 3.89. The molecular formula is C21H20FN5O2. The van der Waals surface area contributed by atoms with Crippen molar-refractivity contribution in [1.29, 1.82) is 0 Å². The van der Waals surface area contributed by atoms with Gasteiger partial charge in [-0.05, 0) is 50.5 Å². The van der Waals surface area contributed by atoms with Crippen molar-refractivity contribution in [3.8, 4) is 17.0 Å². The van der Waals surface area contributed by atoms with Gasteiger partial charge < -0.3 is 9.47 Å². The van der Waals surface area contributed by atoms with Crippen LogP contribution in [0.25, 0.3) is 11.3 Å². The number of fused-ring (bicyclic) bond motifs is 4. The van der Waals surface area contributed by atoms with Crippen LogP contribution >= 0.6 is 0 Å². The molecule has 0 fully saturated rings. The predicted molar refractivity (Wildman–Crippen MR) is 106 cm³/mol. The number of aliphatic imine (C=N–C) groups is 1. The zero-order valence-electron chi connectivity index (χ0n) is 16.0. The molecule has 0 radical (unpaired) electrons. The Labute approximate surface area is 167 Å². The first kappa shape index (κ1) is 17.8. The van der Waals surface area contributed by atoms with Gasteiger partial charge in [0.15, 0.2) is 17.7 Å². The number of nitrogens with two attached hydrogens (primary N) is 1. The Bertz CT molecular complexity index is 1080. The van der Waals surface area contributed by atoms with E-state index in [1.165, 1.54) is 12.5 Å². The summed E-state index contributed by atoms with van der Waals surface area (Å²) in [5.41, 5.74) is 1.83. The molecule has 2 unspecified atom stereocenters. The molecule has 7 nitrogen and oxygen atoms in total. The second-order valence-electron chi connectivity index (χ2n) is 7.45. The minimum atomic E-state index is -0.782. The van der Waals surface area contributed by atoms with Crippen molar-refractivity contribution in [2.45, 2.75) is 11.7 Å². The van der Waals surface area contributed by atoms with Crippen LogP contribution in [0.1, 0.15) is 5.56 Å². The maximum atomic E-state index is 14.3. The Morgan fingerprint density at radius 3 is 2.90 bits per heavy atom. The maximum Gasteiger partial charge on any atom is 0.170 e. The summed E-state index contributed by atoms with van der Waals surface area (Å²) in [6.45, 7) is 0.325. The Morgan fingerprint density at radius 1 is 1.31 bits per heavy atom. The lowest BCUT2D eigenvalue weighted by atomic mass is 9.78. The van der Waals surface area contributed by atoms with E-state index in [4.69, 9.17) is 20.3 Å². The zero-order valence-corrected chi connectivity index (χ0v) is 16.0. The van der Waals surface area contributed by atoms with Gasteiger partial charge in [0, 0.05) is 22.9 Å². The van der Waals surface area contributed by atoms with Crippen LogP contribution in [0.15, 0.2) is 65.1 Å². The largest absolute Gasteiger partial charge is 0.480 e. The number of rotatable bonds is 2. The summed E-state index contributed by atoms with van der Waals surface area (Å²) >= 11 is 0. The summed E-state index contributed by atoms with van der Waals surface area (Å²) in [5, 5.41) is 1.59. The van der Waals surface area contributed by atoms with Crippen molar-refractivity contribution in [1.82, 2.24) is 14.9 Å². The predicted octanol–water partition coefficient (Wildman–Crippen LogP) is 2.38. The number of hydrogen-bond donors (Lipinski definition) is 1. The maximum absolute atomic E-state index is 14.3. The van der Waals surface area contributed by atoms with E-state index in [1.54, 1.807) is 29.5 Å². The monoisotopic (exact) mass is 393 g/mol. The molecule has 0 aliphatic carbocycles. The minimum absolute atomic E-state index is 0.164. The highest BCUT2D eigenvalue weighted by molar-refractivity contribution is 5.69. The van der Waals surface area contributed by atoms with Gasteiger partial charge in [-0.25, -0.2) is 15.2 Å². The molecule has 1 spiro atoms. The van der Waals surface area contributed by atoms with E-state index in [-0.39, 0.29) is 17.7 Å². The topological polar surface area (TPSA) is 76.2 Å². The van der Waals surface area contributed by atoms with E-state index < -0.39 is 5.54 Å². The Kier molecular flexibility index (Phi) is 3.94. The molecule has 1 aromatic heterocycles. The van der Waals surface area contributed by atoms with E-state index in [9.17, 15) is 4.39 Å². The van der Waals surface area contributed by atoms with Crippen LogP contribution in [0.5, 0.6) is 5.75 Å². The summed E-state index contributed by atoms with van der Waals surface area (Å²) in [6.07, 6.45) is 6.66. The van der Waals surface area contributed by atoms with Crippen LogP contribution in [0.4, 0.5) is 4.39 Å². The molecule has 0 saturated carbocycles. The standard InChI is InChI=1S/C21H20FN5O2/c1-26(2)19-9-15-18(10-27(19)23)29-17-6-5-13(20-16(22)4-3-7-24-20)8-14(17)21(15)11-28-12-25-21/h3-10,12,19H,11,23H2,1-2H3. The quantitative estimate of drug-likeness (QED) is 0.790. The molecule has 8 heteroatoms. The number of halogens is 1. The van der Waals surface area contributed by atoms with Crippen molar-refractivity contribution >= 4 is 6.40 Å². The highest BCUT2D eigenvalue weighted by atomic mass is 19.1. The molecule has 4 heterocycles. The number of pyridine rings is 1. The van der Waals surface area contributed by atoms with Gasteiger partial charge in [-0.1, -0.05) is 0 Å². The van der Waals surface area contributed by atoms with Crippen molar-refractivity contribution in [2.75, 3.05) is 20.7 Å². The van der Waals surface area contributed by atoms with E-state index in [0.29, 0.717) is 23.7 Å². The van der Waals surface area contributed by atoms with Crippen LogP contribution in [-0.2, 0) is 10.3 Å². The van der Waals surface area contributed by atoms with E-state index in [2.05, 4.69) is 4.98 Å². The fourth-order valence-corrected chi connectivity index (χ4v) is 4.01. The van der Waals surface area contributed by atoms with Crippen molar-refractivity contribution in [3.63, 3.8) is 0 Å². The zero-order chi connectivity index (χ0) is 20.2. The summed E-state index contributed by atoms with van der Waals surface area (Å²) in [4.78, 5) is 10.9. The van der Waals surface area contributed by atoms with Crippen LogP contribution in [0, 0.1) is 5.82 Å². The number of nitrogens with zero attached hydrogens (tertiary/aromatic N) is 4. The molecule has 148 valence electrons. The highest BCUT2D eigenvalue weighted by Crippen LogP contribution is 2.50. The SMILES string of the molecule is CN(C)C1C=C2C(=CN1N)Oc1ccc(-c3ncccc3F)cc1C21COC=N1. The third-order valence-corrected chi connectivity index (χ3v) is 5.44. The first-order valence-electron chi connectivity index (χ1n) is 9.22. The number of ether oxygens (including phenoxy) is 2. The third-order valence-electron chi connectivity index (χ3n) is 5.44. The number of hydrogen-bond acceptors (Lipinski definition) is 7. The van der Waals surface area contributed by atoms with Gasteiger partial charge in [-0.2, -0.15) is 0 Å². The van der Waals surface area contributed by atoms with E-state index in [1.807, 2.05) is 37.2 Å². The Morgan fingerprint density at radius 2 is 2.17 bits per heavy atom. The Hall–Kier alpha value is -3.23. The van der Waals surface area contributed by atoms with Gasteiger partial charge in [0.2, 0.25) is 0 Å². The smallest absolute Gasteiger partial charge is 0.170 e. The van der Waals surface area contributed by atoms with Gasteiger partial charge in [0.1, 0.15) is 30.0 Å². The highest BCUT2D eigenvalue weighted by Gasteiger charge is 2.49. The number of hydrazine groups is 1. The molecule has 2 atom stereocenters. The molecule has 5 rings (SSSR count). The fraction of sp³-hybridized carbons (Fsp3) is 0.238.